The Balaban J connectivity index is 2.66. The van der Waals surface area contributed by atoms with Crippen LogP contribution in [0.3, 0.4) is 0 Å². The highest BCUT2D eigenvalue weighted by Gasteiger charge is 2.45. The highest BCUT2D eigenvalue weighted by atomic mass is 16.7. The molecule has 12 heavy (non-hydrogen) atoms. The van der Waals surface area contributed by atoms with Crippen LogP contribution in [0.5, 0.6) is 0 Å². The third-order valence-electron chi connectivity index (χ3n) is 1.76. The molecule has 0 radical (unpaired) electrons. The van der Waals surface area contributed by atoms with Gasteiger partial charge in [-0.05, 0) is 0 Å². The number of hydrogen-bond acceptors (Lipinski definition) is 5. The maximum atomic E-state index is 10.4. The Morgan fingerprint density at radius 1 is 1.42 bits per heavy atom. The van der Waals surface area contributed by atoms with Gasteiger partial charge in [0.15, 0.2) is 0 Å². The minimum absolute atomic E-state index is 0.385. The number of carbonyl (C=O) groups is 1. The molecule has 0 saturated carbocycles. The molecule has 4 N–H and O–H groups in total. The summed E-state index contributed by atoms with van der Waals surface area (Å²) in [5, 5.41) is 35.5. The second-order valence-corrected chi connectivity index (χ2v) is 2.74. The number of aliphatic hydroxyl groups excluding tert-OH is 2. The Hall–Kier alpha value is -0.690. The largest absolute Gasteiger partial charge is 0.477 e. The quantitative estimate of drug-likeness (QED) is 0.366. The van der Waals surface area contributed by atoms with Crippen LogP contribution in [-0.4, -0.2) is 51.0 Å². The topological polar surface area (TPSA) is 107 Å². The van der Waals surface area contributed by atoms with Gasteiger partial charge in [-0.15, -0.1) is 0 Å². The maximum absolute atomic E-state index is 10.4. The van der Waals surface area contributed by atoms with E-state index in [1.807, 2.05) is 0 Å². The molecule has 0 aliphatic carbocycles. The molecule has 1 fully saturated rings. The predicted octanol–water partition coefficient (Wildman–Crippen LogP) is -2.10. The van der Waals surface area contributed by atoms with Crippen molar-refractivity contribution in [3.8, 4) is 0 Å². The molecule has 1 heterocycles. The molecule has 1 rings (SSSR count). The molecule has 0 aromatic rings. The van der Waals surface area contributed by atoms with Gasteiger partial charge in [0.2, 0.25) is 0 Å². The number of hydrogen-bond donors (Lipinski definition) is 4. The average molecular weight is 178 g/mol. The molecule has 1 aliphatic heterocycles. The molecule has 1 aliphatic rings. The second kappa shape index (κ2) is 2.98. The van der Waals surface area contributed by atoms with Crippen LogP contribution in [0.15, 0.2) is 0 Å². The summed E-state index contributed by atoms with van der Waals surface area (Å²) in [6, 6.07) is 0. The predicted molar refractivity (Wildman–Crippen MR) is 35.2 cm³/mol. The summed E-state index contributed by atoms with van der Waals surface area (Å²) in [4.78, 5) is 10.4. The molecule has 0 amide bonds. The van der Waals surface area contributed by atoms with Crippen LogP contribution in [0.1, 0.15) is 6.42 Å². The van der Waals surface area contributed by atoms with E-state index in [1.165, 1.54) is 0 Å². The van der Waals surface area contributed by atoms with Gasteiger partial charge in [-0.3, -0.25) is 0 Å². The lowest BCUT2D eigenvalue weighted by Crippen LogP contribution is -2.53. The molecule has 70 valence electrons. The molecule has 6 nitrogen and oxygen atoms in total. The molecule has 0 aromatic carbocycles. The first kappa shape index (κ1) is 9.40. The summed E-state index contributed by atoms with van der Waals surface area (Å²) >= 11 is 0. The van der Waals surface area contributed by atoms with Crippen molar-refractivity contribution in [2.45, 2.75) is 24.4 Å². The fourth-order valence-corrected chi connectivity index (χ4v) is 0.962. The van der Waals surface area contributed by atoms with Crippen molar-refractivity contribution in [2.24, 2.45) is 0 Å². The lowest BCUT2D eigenvalue weighted by atomic mass is 10.0. The van der Waals surface area contributed by atoms with Crippen molar-refractivity contribution in [3.05, 3.63) is 0 Å². The number of ether oxygens (including phenoxy) is 1. The van der Waals surface area contributed by atoms with Crippen LogP contribution < -0.4 is 0 Å². The van der Waals surface area contributed by atoms with Crippen molar-refractivity contribution < 1.29 is 30.0 Å². The van der Waals surface area contributed by atoms with Gasteiger partial charge in [-0.2, -0.15) is 0 Å². The Morgan fingerprint density at radius 3 is 2.42 bits per heavy atom. The normalized spacial score (nSPS) is 42.6. The molecule has 1 saturated heterocycles. The van der Waals surface area contributed by atoms with Crippen molar-refractivity contribution in [3.63, 3.8) is 0 Å². The summed E-state index contributed by atoms with van der Waals surface area (Å²) in [6.07, 6.45) is -2.92. The van der Waals surface area contributed by atoms with E-state index in [-0.39, 0.29) is 6.61 Å². The van der Waals surface area contributed by atoms with Crippen LogP contribution >= 0.6 is 0 Å². The molecular formula is C6H10O6. The van der Waals surface area contributed by atoms with Crippen LogP contribution in [0.4, 0.5) is 0 Å². The van der Waals surface area contributed by atoms with Crippen molar-refractivity contribution >= 4 is 5.97 Å². The summed E-state index contributed by atoms with van der Waals surface area (Å²) < 4.78 is 4.46. The lowest BCUT2D eigenvalue weighted by Gasteiger charge is -2.33. The average Bonchev–Trinajstić information content (AvgIpc) is 1.97. The van der Waals surface area contributed by atoms with Crippen molar-refractivity contribution in [2.75, 3.05) is 6.61 Å². The van der Waals surface area contributed by atoms with Crippen LogP contribution in [0, 0.1) is 0 Å². The zero-order valence-corrected chi connectivity index (χ0v) is 6.17. The monoisotopic (exact) mass is 178 g/mol. The molecule has 1 unspecified atom stereocenters. The molecule has 6 heteroatoms. The first-order valence-corrected chi connectivity index (χ1v) is 3.41. The van der Waals surface area contributed by atoms with E-state index < -0.39 is 30.4 Å². The molecular weight excluding hydrogens is 168 g/mol. The fraction of sp³-hybridized carbons (Fsp3) is 0.833. The van der Waals surface area contributed by atoms with Gasteiger partial charge < -0.3 is 25.2 Å². The Kier molecular flexibility index (Phi) is 2.34. The number of carboxylic acid groups (broad SMARTS) is 1. The van der Waals surface area contributed by atoms with E-state index >= 15 is 0 Å². The zero-order chi connectivity index (χ0) is 9.35. The Labute approximate surface area is 68.0 Å². The third-order valence-corrected chi connectivity index (χ3v) is 1.76. The Bertz CT molecular complexity index is 192. The molecule has 0 spiro atoms. The minimum Gasteiger partial charge on any atom is -0.477 e. The van der Waals surface area contributed by atoms with Gasteiger partial charge in [0.1, 0.15) is 6.10 Å². The van der Waals surface area contributed by atoms with Crippen molar-refractivity contribution in [1.29, 1.82) is 0 Å². The summed E-state index contributed by atoms with van der Waals surface area (Å²) in [6.45, 7) is -0.385. The molecule has 3 atom stereocenters. The maximum Gasteiger partial charge on any atom is 0.364 e. The first-order chi connectivity index (χ1) is 5.46. The highest BCUT2D eigenvalue weighted by Crippen LogP contribution is 2.22. The van der Waals surface area contributed by atoms with Gasteiger partial charge in [0, 0.05) is 6.42 Å². The summed E-state index contributed by atoms with van der Waals surface area (Å²) in [7, 11) is 0. The standard InChI is InChI=1S/C6H10O6/c7-3-1-6(11,5(9)10)12-2-4(3)8/h3-4,7-8,11H,1-2H2,(H,9,10)/t3-,4-,6?/m0/s1. The number of rotatable bonds is 1. The zero-order valence-electron chi connectivity index (χ0n) is 6.17. The van der Waals surface area contributed by atoms with Gasteiger partial charge in [0.05, 0.1) is 12.7 Å². The van der Waals surface area contributed by atoms with E-state index in [9.17, 15) is 4.79 Å². The van der Waals surface area contributed by atoms with Crippen LogP contribution in [0.2, 0.25) is 0 Å². The minimum atomic E-state index is -2.36. The fourth-order valence-electron chi connectivity index (χ4n) is 0.962. The summed E-state index contributed by atoms with van der Waals surface area (Å²) in [5.41, 5.74) is 0. The van der Waals surface area contributed by atoms with E-state index in [4.69, 9.17) is 20.4 Å². The second-order valence-electron chi connectivity index (χ2n) is 2.74. The van der Waals surface area contributed by atoms with Gasteiger partial charge in [-0.1, -0.05) is 0 Å². The van der Waals surface area contributed by atoms with Crippen molar-refractivity contribution in [1.82, 2.24) is 0 Å². The Morgan fingerprint density at radius 2 is 2.00 bits per heavy atom. The number of aliphatic carboxylic acids is 1. The van der Waals surface area contributed by atoms with Crippen LogP contribution in [0.25, 0.3) is 0 Å². The number of carboxylic acids is 1. The van der Waals surface area contributed by atoms with E-state index in [1.54, 1.807) is 0 Å². The lowest BCUT2D eigenvalue weighted by molar-refractivity contribution is -0.267. The first-order valence-electron chi connectivity index (χ1n) is 3.41. The highest BCUT2D eigenvalue weighted by molar-refractivity contribution is 5.75. The summed E-state index contributed by atoms with van der Waals surface area (Å²) in [5.74, 6) is -3.92. The van der Waals surface area contributed by atoms with E-state index in [0.29, 0.717) is 0 Å². The van der Waals surface area contributed by atoms with E-state index in [2.05, 4.69) is 4.74 Å². The van der Waals surface area contributed by atoms with Gasteiger partial charge in [-0.25, -0.2) is 4.79 Å². The SMILES string of the molecule is O=C(O)C1(O)C[C@H](O)[C@@H](O)CO1. The smallest absolute Gasteiger partial charge is 0.364 e. The molecule has 0 bridgehead atoms. The van der Waals surface area contributed by atoms with E-state index in [0.717, 1.165) is 0 Å². The molecule has 0 aromatic heterocycles. The van der Waals surface area contributed by atoms with Gasteiger partial charge in [0.25, 0.3) is 5.79 Å². The number of aliphatic hydroxyl groups is 3. The third kappa shape index (κ3) is 1.56. The van der Waals surface area contributed by atoms with Gasteiger partial charge >= 0.3 is 5.97 Å². The van der Waals surface area contributed by atoms with Crippen LogP contribution in [-0.2, 0) is 9.53 Å².